The third-order valence-electron chi connectivity index (χ3n) is 4.27. The van der Waals surface area contributed by atoms with Gasteiger partial charge in [0.05, 0.1) is 0 Å². The van der Waals surface area contributed by atoms with Crippen molar-refractivity contribution in [3.63, 3.8) is 0 Å². The van der Waals surface area contributed by atoms with E-state index in [1.165, 1.54) is 38.5 Å². The molecule has 0 saturated heterocycles. The van der Waals surface area contributed by atoms with Gasteiger partial charge in [-0.15, -0.1) is 0 Å². The lowest BCUT2D eigenvalue weighted by atomic mass is 9.65. The average Bonchev–Trinajstić information content (AvgIpc) is 2.18. The lowest BCUT2D eigenvalue weighted by Gasteiger charge is -2.40. The quantitative estimate of drug-likeness (QED) is 0.601. The van der Waals surface area contributed by atoms with Crippen LogP contribution in [0, 0.1) is 23.7 Å². The van der Waals surface area contributed by atoms with Gasteiger partial charge in [-0.3, -0.25) is 0 Å². The molecule has 1 aliphatic rings. The Morgan fingerprint density at radius 3 is 2.36 bits per heavy atom. The van der Waals surface area contributed by atoms with Crippen LogP contribution in [-0.2, 0) is 0 Å². The van der Waals surface area contributed by atoms with Crippen LogP contribution in [0.1, 0.15) is 66.2 Å². The van der Waals surface area contributed by atoms with Crippen LogP contribution in [0.2, 0.25) is 0 Å². The first-order chi connectivity index (χ1) is 6.70. The normalized spacial score (nSPS) is 33.6. The molecule has 0 bridgehead atoms. The Balaban J connectivity index is 2.62. The summed E-state index contributed by atoms with van der Waals surface area (Å²) in [5, 5.41) is 0. The maximum atomic E-state index is 2.42. The second-order valence-corrected chi connectivity index (χ2v) is 5.46. The van der Waals surface area contributed by atoms with Crippen molar-refractivity contribution < 1.29 is 0 Å². The highest BCUT2D eigenvalue weighted by Crippen LogP contribution is 2.42. The van der Waals surface area contributed by atoms with Crippen LogP contribution in [0.15, 0.2) is 0 Å². The molecule has 84 valence electrons. The number of rotatable bonds is 4. The summed E-state index contributed by atoms with van der Waals surface area (Å²) >= 11 is 0. The summed E-state index contributed by atoms with van der Waals surface area (Å²) in [5.41, 5.74) is 0. The first-order valence-electron chi connectivity index (χ1n) is 6.70. The predicted molar refractivity (Wildman–Crippen MR) is 64.4 cm³/mol. The van der Waals surface area contributed by atoms with Gasteiger partial charge in [0.1, 0.15) is 0 Å². The Kier molecular flexibility index (Phi) is 4.98. The molecule has 0 N–H and O–H groups in total. The van der Waals surface area contributed by atoms with E-state index in [1.807, 2.05) is 0 Å². The van der Waals surface area contributed by atoms with E-state index < -0.39 is 0 Å². The van der Waals surface area contributed by atoms with Crippen LogP contribution >= 0.6 is 0 Å². The van der Waals surface area contributed by atoms with Gasteiger partial charge >= 0.3 is 0 Å². The summed E-state index contributed by atoms with van der Waals surface area (Å²) in [4.78, 5) is 0. The Labute approximate surface area is 90.5 Å². The highest BCUT2D eigenvalue weighted by Gasteiger charge is 2.32. The molecule has 14 heavy (non-hydrogen) atoms. The zero-order valence-corrected chi connectivity index (χ0v) is 10.6. The highest BCUT2D eigenvalue weighted by atomic mass is 14.4. The minimum atomic E-state index is 0.904. The van der Waals surface area contributed by atoms with Gasteiger partial charge in [-0.25, -0.2) is 0 Å². The standard InChI is InChI=1S/C14H28/c1-5-8-14-12(6-2)9-7-10-13(14)11(3)4/h11-14H,5-10H2,1-4H3. The van der Waals surface area contributed by atoms with E-state index in [4.69, 9.17) is 0 Å². The van der Waals surface area contributed by atoms with E-state index in [1.54, 1.807) is 0 Å². The van der Waals surface area contributed by atoms with Crippen molar-refractivity contribution in [2.75, 3.05) is 0 Å². The van der Waals surface area contributed by atoms with E-state index in [0.29, 0.717) is 0 Å². The summed E-state index contributed by atoms with van der Waals surface area (Å²) in [5.74, 6) is 4.00. The van der Waals surface area contributed by atoms with Crippen molar-refractivity contribution in [2.24, 2.45) is 23.7 Å². The molecule has 1 saturated carbocycles. The summed E-state index contributed by atoms with van der Waals surface area (Å²) in [6.45, 7) is 9.57. The van der Waals surface area contributed by atoms with Gasteiger partial charge in [0.2, 0.25) is 0 Å². The van der Waals surface area contributed by atoms with E-state index in [-0.39, 0.29) is 0 Å². The molecule has 0 spiro atoms. The third kappa shape index (κ3) is 2.74. The van der Waals surface area contributed by atoms with Crippen LogP contribution < -0.4 is 0 Å². The molecule has 1 fully saturated rings. The molecule has 0 radical (unpaired) electrons. The zero-order valence-electron chi connectivity index (χ0n) is 10.6. The van der Waals surface area contributed by atoms with Gasteiger partial charge in [0.15, 0.2) is 0 Å². The molecule has 0 aromatic heterocycles. The van der Waals surface area contributed by atoms with Crippen LogP contribution in [0.5, 0.6) is 0 Å². The SMILES string of the molecule is CCCC1C(CC)CCCC1C(C)C. The molecule has 0 aromatic carbocycles. The predicted octanol–water partition coefficient (Wildman–Crippen LogP) is 4.89. The number of hydrogen-bond acceptors (Lipinski definition) is 0. The van der Waals surface area contributed by atoms with Crippen LogP contribution in [-0.4, -0.2) is 0 Å². The molecular formula is C14H28. The van der Waals surface area contributed by atoms with Gasteiger partial charge in [-0.2, -0.15) is 0 Å². The van der Waals surface area contributed by atoms with Crippen molar-refractivity contribution >= 4 is 0 Å². The topological polar surface area (TPSA) is 0 Å². The Morgan fingerprint density at radius 2 is 1.86 bits per heavy atom. The van der Waals surface area contributed by atoms with Crippen molar-refractivity contribution in [1.29, 1.82) is 0 Å². The average molecular weight is 196 g/mol. The Hall–Kier alpha value is 0. The maximum absolute atomic E-state index is 2.42. The van der Waals surface area contributed by atoms with Crippen molar-refractivity contribution in [3.8, 4) is 0 Å². The Bertz CT molecular complexity index is 148. The second-order valence-electron chi connectivity index (χ2n) is 5.46. The largest absolute Gasteiger partial charge is 0.0654 e. The molecule has 0 heterocycles. The van der Waals surface area contributed by atoms with Crippen molar-refractivity contribution in [2.45, 2.75) is 66.2 Å². The van der Waals surface area contributed by atoms with Gasteiger partial charge in [-0.05, 0) is 30.1 Å². The van der Waals surface area contributed by atoms with E-state index >= 15 is 0 Å². The van der Waals surface area contributed by atoms with Gasteiger partial charge < -0.3 is 0 Å². The molecule has 0 amide bonds. The fourth-order valence-corrected chi connectivity index (χ4v) is 3.51. The number of hydrogen-bond donors (Lipinski definition) is 0. The molecule has 1 rings (SSSR count). The summed E-state index contributed by atoms with van der Waals surface area (Å²) < 4.78 is 0. The molecule has 3 atom stereocenters. The highest BCUT2D eigenvalue weighted by molar-refractivity contribution is 4.83. The summed E-state index contributed by atoms with van der Waals surface area (Å²) in [6.07, 6.45) is 8.75. The Morgan fingerprint density at radius 1 is 1.14 bits per heavy atom. The smallest absolute Gasteiger partial charge is 0.0355 e. The van der Waals surface area contributed by atoms with E-state index in [2.05, 4.69) is 27.7 Å². The second kappa shape index (κ2) is 5.78. The molecule has 0 aliphatic heterocycles. The first kappa shape index (κ1) is 12.1. The fourth-order valence-electron chi connectivity index (χ4n) is 3.51. The van der Waals surface area contributed by atoms with Gasteiger partial charge in [0.25, 0.3) is 0 Å². The van der Waals surface area contributed by atoms with Gasteiger partial charge in [-0.1, -0.05) is 59.8 Å². The summed E-state index contributed by atoms with van der Waals surface area (Å²) in [7, 11) is 0. The minimum Gasteiger partial charge on any atom is -0.0654 e. The van der Waals surface area contributed by atoms with Crippen molar-refractivity contribution in [1.82, 2.24) is 0 Å². The van der Waals surface area contributed by atoms with Gasteiger partial charge in [0, 0.05) is 0 Å². The molecule has 0 aromatic rings. The van der Waals surface area contributed by atoms with Crippen LogP contribution in [0.3, 0.4) is 0 Å². The molecule has 0 nitrogen and oxygen atoms in total. The monoisotopic (exact) mass is 196 g/mol. The summed E-state index contributed by atoms with van der Waals surface area (Å²) in [6, 6.07) is 0. The van der Waals surface area contributed by atoms with Crippen molar-refractivity contribution in [3.05, 3.63) is 0 Å². The van der Waals surface area contributed by atoms with Crippen LogP contribution in [0.25, 0.3) is 0 Å². The lowest BCUT2D eigenvalue weighted by molar-refractivity contribution is 0.101. The molecule has 1 aliphatic carbocycles. The van der Waals surface area contributed by atoms with E-state index in [9.17, 15) is 0 Å². The zero-order chi connectivity index (χ0) is 10.6. The fraction of sp³-hybridized carbons (Fsp3) is 1.00. The lowest BCUT2D eigenvalue weighted by Crippen LogP contribution is -2.31. The van der Waals surface area contributed by atoms with Crippen LogP contribution in [0.4, 0.5) is 0 Å². The van der Waals surface area contributed by atoms with E-state index in [0.717, 1.165) is 23.7 Å². The third-order valence-corrected chi connectivity index (χ3v) is 4.27. The maximum Gasteiger partial charge on any atom is -0.0355 e. The molecule has 0 heteroatoms. The minimum absolute atomic E-state index is 0.904. The molecule has 3 unspecified atom stereocenters. The first-order valence-corrected chi connectivity index (χ1v) is 6.70. The molecular weight excluding hydrogens is 168 g/mol.